The molecule has 2 amide bonds. The van der Waals surface area contributed by atoms with Crippen molar-refractivity contribution < 1.29 is 14.0 Å². The first-order valence-corrected chi connectivity index (χ1v) is 10.6. The van der Waals surface area contributed by atoms with Gasteiger partial charge in [-0.25, -0.2) is 4.39 Å². The first-order valence-electron chi connectivity index (χ1n) is 9.45. The highest BCUT2D eigenvalue weighted by molar-refractivity contribution is 7.99. The Morgan fingerprint density at radius 1 is 0.935 bits per heavy atom. The van der Waals surface area contributed by atoms with Crippen molar-refractivity contribution in [3.63, 3.8) is 0 Å². The van der Waals surface area contributed by atoms with Crippen LogP contribution < -0.4 is 10.6 Å². The molecular formula is C23H21ClFN3O2S. The van der Waals surface area contributed by atoms with Crippen LogP contribution in [-0.4, -0.2) is 36.9 Å². The van der Waals surface area contributed by atoms with E-state index in [1.165, 1.54) is 30.0 Å². The van der Waals surface area contributed by atoms with Crippen LogP contribution in [0.1, 0.15) is 0 Å². The van der Waals surface area contributed by atoms with E-state index in [1.54, 1.807) is 18.0 Å². The molecule has 31 heavy (non-hydrogen) atoms. The van der Waals surface area contributed by atoms with Gasteiger partial charge in [-0.05, 0) is 61.6 Å². The van der Waals surface area contributed by atoms with Gasteiger partial charge >= 0.3 is 0 Å². The highest BCUT2D eigenvalue weighted by Gasteiger charge is 2.13. The molecule has 0 saturated carbocycles. The second-order valence-electron chi connectivity index (χ2n) is 6.83. The lowest BCUT2D eigenvalue weighted by Crippen LogP contribution is -2.36. The van der Waals surface area contributed by atoms with Gasteiger partial charge in [-0.1, -0.05) is 41.6 Å². The SMILES string of the molecule is CN(CC(=O)Nc1cccc(F)c1)CC(=O)Nc1ccccc1Sc1ccc(Cl)cc1. The average molecular weight is 458 g/mol. The third kappa shape index (κ3) is 7.40. The molecule has 8 heteroatoms. The molecule has 3 rings (SSSR count). The van der Waals surface area contributed by atoms with Crippen molar-refractivity contribution >= 4 is 46.6 Å². The van der Waals surface area contributed by atoms with Gasteiger partial charge in [0.2, 0.25) is 11.8 Å². The van der Waals surface area contributed by atoms with Crippen molar-refractivity contribution in [2.45, 2.75) is 9.79 Å². The first kappa shape index (κ1) is 22.8. The number of hydrogen-bond acceptors (Lipinski definition) is 4. The van der Waals surface area contributed by atoms with Gasteiger partial charge in [-0.3, -0.25) is 14.5 Å². The van der Waals surface area contributed by atoms with Crippen molar-refractivity contribution in [1.82, 2.24) is 4.90 Å². The number of carbonyl (C=O) groups is 2. The van der Waals surface area contributed by atoms with E-state index in [0.29, 0.717) is 16.4 Å². The molecule has 160 valence electrons. The Bertz CT molecular complexity index is 1060. The number of likely N-dealkylation sites (N-methyl/N-ethyl adjacent to an activating group) is 1. The summed E-state index contributed by atoms with van der Waals surface area (Å²) in [6, 6.07) is 20.6. The van der Waals surface area contributed by atoms with Gasteiger partial charge in [0.25, 0.3) is 0 Å². The van der Waals surface area contributed by atoms with Crippen LogP contribution in [-0.2, 0) is 9.59 Å². The first-order chi connectivity index (χ1) is 14.9. The lowest BCUT2D eigenvalue weighted by Gasteiger charge is -2.17. The number of benzene rings is 3. The molecule has 0 radical (unpaired) electrons. The van der Waals surface area contributed by atoms with Crippen LogP contribution >= 0.6 is 23.4 Å². The van der Waals surface area contributed by atoms with Gasteiger partial charge < -0.3 is 10.6 Å². The Hall–Kier alpha value is -2.87. The monoisotopic (exact) mass is 457 g/mol. The normalized spacial score (nSPS) is 10.7. The summed E-state index contributed by atoms with van der Waals surface area (Å²) in [5, 5.41) is 6.17. The minimum absolute atomic E-state index is 0.00882. The topological polar surface area (TPSA) is 61.4 Å². The van der Waals surface area contributed by atoms with E-state index in [1.807, 2.05) is 48.5 Å². The molecule has 0 aliphatic rings. The summed E-state index contributed by atoms with van der Waals surface area (Å²) >= 11 is 7.45. The standard InChI is InChI=1S/C23H21ClFN3O2S/c1-28(14-22(29)26-18-6-4-5-17(25)13-18)15-23(30)27-20-7-2-3-8-21(20)31-19-11-9-16(24)10-12-19/h2-13H,14-15H2,1H3,(H,26,29)(H,27,30). The summed E-state index contributed by atoms with van der Waals surface area (Å²) in [4.78, 5) is 28.1. The van der Waals surface area contributed by atoms with E-state index in [2.05, 4.69) is 10.6 Å². The largest absolute Gasteiger partial charge is 0.325 e. The van der Waals surface area contributed by atoms with Crippen LogP contribution in [0.5, 0.6) is 0 Å². The zero-order valence-corrected chi connectivity index (χ0v) is 18.3. The van der Waals surface area contributed by atoms with Crippen LogP contribution in [0.3, 0.4) is 0 Å². The molecule has 3 aromatic rings. The summed E-state index contributed by atoms with van der Waals surface area (Å²) in [5.74, 6) is -1.01. The molecule has 5 nitrogen and oxygen atoms in total. The van der Waals surface area contributed by atoms with E-state index >= 15 is 0 Å². The zero-order valence-electron chi connectivity index (χ0n) is 16.8. The van der Waals surface area contributed by atoms with E-state index in [-0.39, 0.29) is 24.9 Å². The quantitative estimate of drug-likeness (QED) is 0.491. The van der Waals surface area contributed by atoms with E-state index in [9.17, 15) is 14.0 Å². The molecule has 2 N–H and O–H groups in total. The van der Waals surface area contributed by atoms with Gasteiger partial charge in [0.05, 0.1) is 18.8 Å². The van der Waals surface area contributed by atoms with Crippen LogP contribution in [0, 0.1) is 5.82 Å². The molecule has 0 atom stereocenters. The maximum absolute atomic E-state index is 13.2. The van der Waals surface area contributed by atoms with Crippen LogP contribution in [0.2, 0.25) is 5.02 Å². The second kappa shape index (κ2) is 10.9. The summed E-state index contributed by atoms with van der Waals surface area (Å²) in [6.45, 7) is 0.0155. The number of carbonyl (C=O) groups excluding carboxylic acids is 2. The number of hydrogen-bond donors (Lipinski definition) is 2. The summed E-state index contributed by atoms with van der Waals surface area (Å²) in [5.41, 5.74) is 1.06. The fourth-order valence-electron chi connectivity index (χ4n) is 2.79. The third-order valence-electron chi connectivity index (χ3n) is 4.14. The number of nitrogens with zero attached hydrogens (tertiary/aromatic N) is 1. The Kier molecular flexibility index (Phi) is 8.06. The van der Waals surface area contributed by atoms with Gasteiger partial charge in [0.15, 0.2) is 0 Å². The van der Waals surface area contributed by atoms with Crippen molar-refractivity contribution in [3.05, 3.63) is 83.6 Å². The lowest BCUT2D eigenvalue weighted by atomic mass is 10.3. The Morgan fingerprint density at radius 2 is 1.61 bits per heavy atom. The van der Waals surface area contributed by atoms with E-state index in [4.69, 9.17) is 11.6 Å². The molecule has 0 aromatic heterocycles. The molecular weight excluding hydrogens is 437 g/mol. The predicted octanol–water partition coefficient (Wildman–Crippen LogP) is 5.14. The number of halogens is 2. The molecule has 0 aliphatic heterocycles. The Balaban J connectivity index is 1.54. The highest BCUT2D eigenvalue weighted by Crippen LogP contribution is 2.33. The minimum Gasteiger partial charge on any atom is -0.325 e. The molecule has 0 fully saturated rings. The molecule has 0 bridgehead atoms. The van der Waals surface area contributed by atoms with Crippen molar-refractivity contribution in [2.24, 2.45) is 0 Å². The summed E-state index contributed by atoms with van der Waals surface area (Å²) in [6.07, 6.45) is 0. The third-order valence-corrected chi connectivity index (χ3v) is 5.47. The second-order valence-corrected chi connectivity index (χ2v) is 8.38. The van der Waals surface area contributed by atoms with Gasteiger partial charge in [-0.2, -0.15) is 0 Å². The van der Waals surface area contributed by atoms with Crippen LogP contribution in [0.25, 0.3) is 0 Å². The van der Waals surface area contributed by atoms with Crippen LogP contribution in [0.4, 0.5) is 15.8 Å². The fourth-order valence-corrected chi connectivity index (χ4v) is 3.82. The van der Waals surface area contributed by atoms with Crippen LogP contribution in [0.15, 0.2) is 82.6 Å². The zero-order chi connectivity index (χ0) is 22.2. The maximum Gasteiger partial charge on any atom is 0.238 e. The molecule has 0 spiro atoms. The number of rotatable bonds is 8. The molecule has 0 aliphatic carbocycles. The van der Waals surface area contributed by atoms with Crippen molar-refractivity contribution in [2.75, 3.05) is 30.8 Å². The minimum atomic E-state index is -0.430. The van der Waals surface area contributed by atoms with Gasteiger partial charge in [0.1, 0.15) is 5.82 Å². The smallest absolute Gasteiger partial charge is 0.238 e. The van der Waals surface area contributed by atoms with E-state index in [0.717, 1.165) is 9.79 Å². The number of nitrogens with one attached hydrogen (secondary N) is 2. The number of para-hydroxylation sites is 1. The molecule has 3 aromatic carbocycles. The number of anilines is 2. The highest BCUT2D eigenvalue weighted by atomic mass is 35.5. The molecule has 0 saturated heterocycles. The van der Waals surface area contributed by atoms with E-state index < -0.39 is 5.82 Å². The fraction of sp³-hybridized carbons (Fsp3) is 0.130. The summed E-state index contributed by atoms with van der Waals surface area (Å²) in [7, 11) is 1.67. The predicted molar refractivity (Wildman–Crippen MR) is 123 cm³/mol. The molecule has 0 heterocycles. The maximum atomic E-state index is 13.2. The van der Waals surface area contributed by atoms with Gasteiger partial charge in [-0.15, -0.1) is 0 Å². The average Bonchev–Trinajstić information content (AvgIpc) is 2.71. The van der Waals surface area contributed by atoms with Gasteiger partial charge in [0, 0.05) is 20.5 Å². The molecule has 0 unspecified atom stereocenters. The summed E-state index contributed by atoms with van der Waals surface area (Å²) < 4.78 is 13.2. The Labute approximate surface area is 189 Å². The Morgan fingerprint density at radius 3 is 2.32 bits per heavy atom. The lowest BCUT2D eigenvalue weighted by molar-refractivity contribution is -0.119. The van der Waals surface area contributed by atoms with Crippen molar-refractivity contribution in [1.29, 1.82) is 0 Å². The number of amides is 2. The van der Waals surface area contributed by atoms with Crippen molar-refractivity contribution in [3.8, 4) is 0 Å².